The van der Waals surface area contributed by atoms with Crippen molar-refractivity contribution in [1.29, 1.82) is 0 Å². The number of hydrogen-bond acceptors (Lipinski definition) is 3. The second kappa shape index (κ2) is 6.78. The molecule has 3 nitrogen and oxygen atoms in total. The van der Waals surface area contributed by atoms with Gasteiger partial charge in [-0.2, -0.15) is 0 Å². The summed E-state index contributed by atoms with van der Waals surface area (Å²) in [6.45, 7) is 0. The van der Waals surface area contributed by atoms with Crippen molar-refractivity contribution in [2.45, 2.75) is 10.9 Å². The summed E-state index contributed by atoms with van der Waals surface area (Å²) in [5.74, 6) is -0.937. The van der Waals surface area contributed by atoms with Crippen molar-refractivity contribution in [2.75, 3.05) is 12.9 Å². The lowest BCUT2D eigenvalue weighted by atomic mass is 10.1. The first-order valence-electron chi connectivity index (χ1n) is 6.25. The Labute approximate surface area is 124 Å². The van der Waals surface area contributed by atoms with E-state index in [1.807, 2.05) is 0 Å². The van der Waals surface area contributed by atoms with E-state index in [1.165, 1.54) is 13.2 Å². The monoisotopic (exact) mass is 311 g/mol. The normalized spacial score (nSPS) is 13.7. The number of methoxy groups -OCH3 is 1. The predicted octanol–water partition coefficient (Wildman–Crippen LogP) is 2.78. The average molecular weight is 311 g/mol. The van der Waals surface area contributed by atoms with Crippen LogP contribution < -0.4 is 10.5 Å². The number of halogens is 2. The summed E-state index contributed by atoms with van der Waals surface area (Å²) in [4.78, 5) is -0.0539. The zero-order valence-electron chi connectivity index (χ0n) is 11.4. The third kappa shape index (κ3) is 3.65. The Morgan fingerprint density at radius 2 is 1.95 bits per heavy atom. The van der Waals surface area contributed by atoms with Gasteiger partial charge in [0, 0.05) is 23.4 Å². The first-order valence-corrected chi connectivity index (χ1v) is 7.56. The molecule has 0 aliphatic carbocycles. The van der Waals surface area contributed by atoms with Gasteiger partial charge in [-0.15, -0.1) is 0 Å². The minimum Gasteiger partial charge on any atom is -0.496 e. The second-order valence-corrected chi connectivity index (χ2v) is 5.90. The maximum Gasteiger partial charge on any atom is 0.142 e. The lowest BCUT2D eigenvalue weighted by Gasteiger charge is -2.15. The topological polar surface area (TPSA) is 52.3 Å². The van der Waals surface area contributed by atoms with Gasteiger partial charge in [0.05, 0.1) is 22.8 Å². The molecule has 0 saturated heterocycles. The average Bonchev–Trinajstić information content (AvgIpc) is 2.46. The van der Waals surface area contributed by atoms with Gasteiger partial charge in [0.1, 0.15) is 17.4 Å². The van der Waals surface area contributed by atoms with E-state index in [2.05, 4.69) is 0 Å². The van der Waals surface area contributed by atoms with Crippen molar-refractivity contribution in [2.24, 2.45) is 5.73 Å². The van der Waals surface area contributed by atoms with Crippen LogP contribution in [0.2, 0.25) is 0 Å². The molecule has 2 rings (SSSR count). The molecular formula is C15H15F2NO2S. The molecule has 21 heavy (non-hydrogen) atoms. The molecule has 0 radical (unpaired) electrons. The van der Waals surface area contributed by atoms with Gasteiger partial charge < -0.3 is 10.5 Å². The summed E-state index contributed by atoms with van der Waals surface area (Å²) in [6.07, 6.45) is 0. The molecule has 6 heteroatoms. The van der Waals surface area contributed by atoms with Gasteiger partial charge >= 0.3 is 0 Å². The van der Waals surface area contributed by atoms with Crippen LogP contribution in [0.5, 0.6) is 5.75 Å². The molecule has 2 N–H and O–H groups in total. The van der Waals surface area contributed by atoms with E-state index in [1.54, 1.807) is 24.3 Å². The maximum absolute atomic E-state index is 13.6. The number of nitrogens with two attached hydrogens (primary N) is 1. The minimum absolute atomic E-state index is 0.0168. The van der Waals surface area contributed by atoms with E-state index in [9.17, 15) is 13.0 Å². The number of rotatable bonds is 5. The van der Waals surface area contributed by atoms with Crippen LogP contribution in [0.3, 0.4) is 0 Å². The molecule has 0 amide bonds. The number of benzene rings is 2. The summed E-state index contributed by atoms with van der Waals surface area (Å²) in [5, 5.41) is 0. The summed E-state index contributed by atoms with van der Waals surface area (Å²) in [7, 11) is -0.150. The summed E-state index contributed by atoms with van der Waals surface area (Å²) in [5.41, 5.74) is 6.71. The fourth-order valence-electron chi connectivity index (χ4n) is 1.98. The summed E-state index contributed by atoms with van der Waals surface area (Å²) < 4.78 is 43.8. The first kappa shape index (κ1) is 15.6. The molecule has 0 spiro atoms. The van der Waals surface area contributed by atoms with Gasteiger partial charge in [0.25, 0.3) is 0 Å². The van der Waals surface area contributed by atoms with Gasteiger partial charge in [-0.25, -0.2) is 8.78 Å². The van der Waals surface area contributed by atoms with Gasteiger partial charge in [0.2, 0.25) is 0 Å². The Hall–Kier alpha value is -1.79. The van der Waals surface area contributed by atoms with E-state index in [4.69, 9.17) is 10.5 Å². The zero-order valence-corrected chi connectivity index (χ0v) is 12.2. The minimum atomic E-state index is -1.67. The van der Waals surface area contributed by atoms with Crippen LogP contribution in [-0.4, -0.2) is 17.1 Å². The molecule has 0 heterocycles. The number of ether oxygens (including phenoxy) is 1. The van der Waals surface area contributed by atoms with Crippen molar-refractivity contribution < 1.29 is 17.7 Å². The molecule has 2 aromatic carbocycles. The fourth-order valence-corrected chi connectivity index (χ4v) is 3.16. The SMILES string of the molecule is COc1ccccc1C(N)CS(=O)c1ccc(F)cc1F. The Bertz CT molecular complexity index is 664. The zero-order chi connectivity index (χ0) is 15.4. The van der Waals surface area contributed by atoms with E-state index in [-0.39, 0.29) is 10.6 Å². The van der Waals surface area contributed by atoms with Crippen LogP contribution in [0.25, 0.3) is 0 Å². The van der Waals surface area contributed by atoms with Crippen LogP contribution in [0, 0.1) is 11.6 Å². The highest BCUT2D eigenvalue weighted by atomic mass is 32.2. The van der Waals surface area contributed by atoms with Gasteiger partial charge in [0.15, 0.2) is 0 Å². The number of hydrogen-bond donors (Lipinski definition) is 1. The van der Waals surface area contributed by atoms with Gasteiger partial charge in [-0.05, 0) is 18.2 Å². The largest absolute Gasteiger partial charge is 0.496 e. The van der Waals surface area contributed by atoms with Crippen LogP contribution in [-0.2, 0) is 10.8 Å². The standard InChI is InChI=1S/C15H15F2NO2S/c1-20-14-5-3-2-4-11(14)13(18)9-21(19)15-7-6-10(16)8-12(15)17/h2-8,13H,9,18H2,1H3. The van der Waals surface area contributed by atoms with E-state index in [0.29, 0.717) is 17.4 Å². The van der Waals surface area contributed by atoms with Gasteiger partial charge in [-0.1, -0.05) is 18.2 Å². The summed E-state index contributed by atoms with van der Waals surface area (Å²) in [6, 6.07) is 9.48. The van der Waals surface area contributed by atoms with Crippen LogP contribution >= 0.6 is 0 Å². The van der Waals surface area contributed by atoms with Crippen LogP contribution in [0.4, 0.5) is 8.78 Å². The third-order valence-corrected chi connectivity index (χ3v) is 4.49. The molecule has 0 aliphatic rings. The molecular weight excluding hydrogens is 296 g/mol. The second-order valence-electron chi connectivity index (χ2n) is 4.44. The number of para-hydroxylation sites is 1. The van der Waals surface area contributed by atoms with Crippen molar-refractivity contribution >= 4 is 10.8 Å². The Kier molecular flexibility index (Phi) is 5.03. The molecule has 2 unspecified atom stereocenters. The highest BCUT2D eigenvalue weighted by molar-refractivity contribution is 7.85. The fraction of sp³-hybridized carbons (Fsp3) is 0.200. The highest BCUT2D eigenvalue weighted by Crippen LogP contribution is 2.25. The Morgan fingerprint density at radius 1 is 1.24 bits per heavy atom. The smallest absolute Gasteiger partial charge is 0.142 e. The quantitative estimate of drug-likeness (QED) is 0.924. The predicted molar refractivity (Wildman–Crippen MR) is 77.6 cm³/mol. The van der Waals surface area contributed by atoms with E-state index >= 15 is 0 Å². The maximum atomic E-state index is 13.6. The van der Waals surface area contributed by atoms with Crippen molar-refractivity contribution in [3.8, 4) is 5.75 Å². The van der Waals surface area contributed by atoms with Crippen molar-refractivity contribution in [3.05, 3.63) is 59.7 Å². The Morgan fingerprint density at radius 3 is 2.62 bits per heavy atom. The van der Waals surface area contributed by atoms with E-state index < -0.39 is 28.5 Å². The van der Waals surface area contributed by atoms with E-state index in [0.717, 1.165) is 6.07 Å². The highest BCUT2D eigenvalue weighted by Gasteiger charge is 2.18. The lowest BCUT2D eigenvalue weighted by molar-refractivity contribution is 0.407. The Balaban J connectivity index is 2.19. The van der Waals surface area contributed by atoms with Crippen molar-refractivity contribution in [3.63, 3.8) is 0 Å². The van der Waals surface area contributed by atoms with Gasteiger partial charge in [-0.3, -0.25) is 4.21 Å². The molecule has 112 valence electrons. The van der Waals surface area contributed by atoms with Crippen LogP contribution in [0.1, 0.15) is 11.6 Å². The van der Waals surface area contributed by atoms with Crippen LogP contribution in [0.15, 0.2) is 47.4 Å². The molecule has 0 bridgehead atoms. The van der Waals surface area contributed by atoms with Crippen molar-refractivity contribution in [1.82, 2.24) is 0 Å². The molecule has 2 atom stereocenters. The summed E-state index contributed by atoms with van der Waals surface area (Å²) >= 11 is 0. The molecule has 0 aliphatic heterocycles. The molecule has 0 aromatic heterocycles. The molecule has 2 aromatic rings. The first-order chi connectivity index (χ1) is 10.0. The molecule has 0 saturated carbocycles. The lowest BCUT2D eigenvalue weighted by Crippen LogP contribution is -2.19. The molecule has 0 fully saturated rings. The third-order valence-electron chi connectivity index (χ3n) is 3.01.